The summed E-state index contributed by atoms with van der Waals surface area (Å²) in [5, 5.41) is 3.28. The van der Waals surface area contributed by atoms with Gasteiger partial charge in [-0.3, -0.25) is 0 Å². The molecule has 0 saturated carbocycles. The van der Waals surface area contributed by atoms with E-state index in [1.807, 2.05) is 18.4 Å². The number of halogens is 1. The van der Waals surface area contributed by atoms with Crippen LogP contribution < -0.4 is 5.32 Å². The zero-order chi connectivity index (χ0) is 6.97. The fourth-order valence-corrected chi connectivity index (χ4v) is 1.57. The van der Waals surface area contributed by atoms with Crippen LogP contribution in [0.25, 0.3) is 0 Å². The van der Waals surface area contributed by atoms with Crippen LogP contribution in [0.2, 0.25) is 0 Å². The van der Waals surface area contributed by atoms with Crippen LogP contribution in [0.3, 0.4) is 0 Å². The van der Waals surface area contributed by atoms with Crippen molar-refractivity contribution in [2.45, 2.75) is 11.4 Å². The highest BCUT2D eigenvalue weighted by atomic mass is 35.5. The largest absolute Gasteiger partial charge is 0.382 e. The molecule has 52 valence electrons. The van der Waals surface area contributed by atoms with Gasteiger partial charge in [0.1, 0.15) is 0 Å². The molecule has 1 aliphatic carbocycles. The molecule has 0 amide bonds. The zero-order valence-electron chi connectivity index (χ0n) is 5.42. The Morgan fingerprint density at radius 1 is 1.50 bits per heavy atom. The minimum absolute atomic E-state index is 0.106. The topological polar surface area (TPSA) is 12.0 Å². The van der Waals surface area contributed by atoms with Gasteiger partial charge in [-0.25, -0.2) is 0 Å². The molecule has 0 radical (unpaired) electrons. The maximum atomic E-state index is 5.99. The van der Waals surface area contributed by atoms with Crippen LogP contribution >= 0.6 is 11.6 Å². The van der Waals surface area contributed by atoms with Gasteiger partial charge in [0, 0.05) is 0 Å². The maximum Gasteiger partial charge on any atom is 0.0762 e. The third-order valence-corrected chi connectivity index (χ3v) is 2.21. The summed E-state index contributed by atoms with van der Waals surface area (Å²) in [5.74, 6) is 0. The smallest absolute Gasteiger partial charge is 0.0762 e. The van der Waals surface area contributed by atoms with E-state index < -0.39 is 0 Å². The normalized spacial score (nSPS) is 35.1. The molecule has 2 aliphatic rings. The Morgan fingerprint density at radius 3 is 3.20 bits per heavy atom. The number of hydrogen-bond donors (Lipinski definition) is 1. The molecular formula is C8H8ClN. The molecule has 0 aromatic rings. The molecule has 1 heterocycles. The second-order valence-electron chi connectivity index (χ2n) is 2.47. The predicted octanol–water partition coefficient (Wildman–Crippen LogP) is 1.58. The summed E-state index contributed by atoms with van der Waals surface area (Å²) in [5.41, 5.74) is 1.28. The lowest BCUT2D eigenvalue weighted by molar-refractivity contribution is 0.715. The Labute approximate surface area is 65.1 Å². The van der Waals surface area contributed by atoms with E-state index in [1.165, 1.54) is 5.57 Å². The minimum Gasteiger partial charge on any atom is -0.382 e. The van der Waals surface area contributed by atoms with Crippen LogP contribution in [0, 0.1) is 0 Å². The third-order valence-electron chi connectivity index (χ3n) is 1.81. The van der Waals surface area contributed by atoms with Gasteiger partial charge in [0.2, 0.25) is 0 Å². The number of fused-ring (bicyclic) bond motifs is 1. The van der Waals surface area contributed by atoms with Crippen molar-refractivity contribution in [3.63, 3.8) is 0 Å². The first-order chi connectivity index (χ1) is 4.88. The number of hydrogen-bond acceptors (Lipinski definition) is 1. The van der Waals surface area contributed by atoms with Crippen LogP contribution in [0.5, 0.6) is 0 Å². The van der Waals surface area contributed by atoms with E-state index in [1.54, 1.807) is 0 Å². The van der Waals surface area contributed by atoms with Crippen molar-refractivity contribution < 1.29 is 0 Å². The van der Waals surface area contributed by atoms with Crippen molar-refractivity contribution >= 4 is 11.6 Å². The molecule has 1 nitrogen and oxygen atoms in total. The van der Waals surface area contributed by atoms with E-state index in [0.29, 0.717) is 6.04 Å². The van der Waals surface area contributed by atoms with E-state index in [0.717, 1.165) is 0 Å². The zero-order valence-corrected chi connectivity index (χ0v) is 6.18. The van der Waals surface area contributed by atoms with Crippen molar-refractivity contribution in [3.05, 3.63) is 36.1 Å². The van der Waals surface area contributed by atoms with Crippen LogP contribution in [0.4, 0.5) is 0 Å². The second-order valence-corrected chi connectivity index (χ2v) is 2.98. The van der Waals surface area contributed by atoms with Gasteiger partial charge in [-0.1, -0.05) is 18.2 Å². The summed E-state index contributed by atoms with van der Waals surface area (Å²) < 4.78 is 0. The van der Waals surface area contributed by atoms with Gasteiger partial charge in [-0.05, 0) is 17.8 Å². The van der Waals surface area contributed by atoms with Gasteiger partial charge in [0.15, 0.2) is 0 Å². The van der Waals surface area contributed by atoms with E-state index in [2.05, 4.69) is 17.5 Å². The summed E-state index contributed by atoms with van der Waals surface area (Å²) in [7, 11) is 0. The number of nitrogens with one attached hydrogen (secondary N) is 1. The minimum atomic E-state index is 0.106. The molecule has 0 fully saturated rings. The molecule has 10 heavy (non-hydrogen) atoms. The van der Waals surface area contributed by atoms with E-state index in [4.69, 9.17) is 11.6 Å². The summed E-state index contributed by atoms with van der Waals surface area (Å²) >= 11 is 5.99. The maximum absolute atomic E-state index is 5.99. The fourth-order valence-electron chi connectivity index (χ4n) is 1.27. The van der Waals surface area contributed by atoms with Gasteiger partial charge >= 0.3 is 0 Å². The SMILES string of the molecule is ClC1C=CC=C2C=CNC21. The van der Waals surface area contributed by atoms with Gasteiger partial charge in [-0.15, -0.1) is 11.6 Å². The fraction of sp³-hybridized carbons (Fsp3) is 0.250. The molecule has 0 aromatic heterocycles. The van der Waals surface area contributed by atoms with Crippen molar-refractivity contribution in [1.82, 2.24) is 5.32 Å². The Bertz CT molecular complexity index is 227. The van der Waals surface area contributed by atoms with Crippen molar-refractivity contribution in [2.75, 3.05) is 0 Å². The van der Waals surface area contributed by atoms with Gasteiger partial charge in [0.05, 0.1) is 11.4 Å². The standard InChI is InChI=1S/C8H8ClN/c9-7-3-1-2-6-4-5-10-8(6)7/h1-5,7-8,10H. The monoisotopic (exact) mass is 153 g/mol. The molecule has 2 rings (SSSR count). The quantitative estimate of drug-likeness (QED) is 0.521. The van der Waals surface area contributed by atoms with Crippen molar-refractivity contribution in [1.29, 1.82) is 0 Å². The summed E-state index contributed by atoms with van der Waals surface area (Å²) in [4.78, 5) is 0. The van der Waals surface area contributed by atoms with Crippen molar-refractivity contribution in [3.8, 4) is 0 Å². The summed E-state index contributed by atoms with van der Waals surface area (Å²) in [6.45, 7) is 0. The van der Waals surface area contributed by atoms with Crippen LogP contribution in [-0.4, -0.2) is 11.4 Å². The summed E-state index contributed by atoms with van der Waals surface area (Å²) in [6.07, 6.45) is 10.1. The first-order valence-corrected chi connectivity index (χ1v) is 3.76. The Kier molecular flexibility index (Phi) is 1.31. The lowest BCUT2D eigenvalue weighted by Gasteiger charge is -2.18. The first-order valence-electron chi connectivity index (χ1n) is 3.33. The molecule has 0 aromatic carbocycles. The van der Waals surface area contributed by atoms with Gasteiger partial charge in [0.25, 0.3) is 0 Å². The van der Waals surface area contributed by atoms with Crippen LogP contribution in [0.1, 0.15) is 0 Å². The number of allylic oxidation sites excluding steroid dienone is 2. The molecule has 2 heteroatoms. The highest BCUT2D eigenvalue weighted by Crippen LogP contribution is 2.22. The molecule has 0 spiro atoms. The molecule has 2 atom stereocenters. The molecule has 0 saturated heterocycles. The lowest BCUT2D eigenvalue weighted by Crippen LogP contribution is -2.31. The highest BCUT2D eigenvalue weighted by Gasteiger charge is 2.23. The van der Waals surface area contributed by atoms with Gasteiger partial charge < -0.3 is 5.32 Å². The highest BCUT2D eigenvalue weighted by molar-refractivity contribution is 6.22. The van der Waals surface area contributed by atoms with Crippen LogP contribution in [0.15, 0.2) is 36.1 Å². The van der Waals surface area contributed by atoms with E-state index in [9.17, 15) is 0 Å². The average molecular weight is 154 g/mol. The molecule has 1 N–H and O–H groups in total. The third kappa shape index (κ3) is 0.781. The molecule has 1 aliphatic heterocycles. The summed E-state index contributed by atoms with van der Waals surface area (Å²) in [6, 6.07) is 0.312. The lowest BCUT2D eigenvalue weighted by atomic mass is 10.0. The Balaban J connectivity index is 2.31. The second kappa shape index (κ2) is 2.17. The Morgan fingerprint density at radius 2 is 2.40 bits per heavy atom. The number of alkyl halides is 1. The van der Waals surface area contributed by atoms with Crippen LogP contribution in [-0.2, 0) is 0 Å². The van der Waals surface area contributed by atoms with E-state index in [-0.39, 0.29) is 5.38 Å². The Hall–Kier alpha value is -0.690. The number of rotatable bonds is 0. The van der Waals surface area contributed by atoms with Crippen molar-refractivity contribution in [2.24, 2.45) is 0 Å². The average Bonchev–Trinajstić information content (AvgIpc) is 2.36. The molecule has 2 unspecified atom stereocenters. The van der Waals surface area contributed by atoms with E-state index >= 15 is 0 Å². The molecular weight excluding hydrogens is 146 g/mol. The molecule has 0 bridgehead atoms. The van der Waals surface area contributed by atoms with Gasteiger partial charge in [-0.2, -0.15) is 0 Å². The predicted molar refractivity (Wildman–Crippen MR) is 42.9 cm³/mol. The first kappa shape index (κ1) is 6.05.